The van der Waals surface area contributed by atoms with E-state index >= 15 is 0 Å². The fourth-order valence-electron chi connectivity index (χ4n) is 1.61. The van der Waals surface area contributed by atoms with Crippen LogP contribution in [0.2, 0.25) is 4.34 Å². The Morgan fingerprint density at radius 2 is 2.00 bits per heavy atom. The molecule has 2 heterocycles. The summed E-state index contributed by atoms with van der Waals surface area (Å²) >= 11 is 7.04. The molecule has 0 atom stereocenters. The first-order chi connectivity index (χ1) is 9.72. The fourth-order valence-corrected chi connectivity index (χ4v) is 2.54. The Hall–Kier alpha value is -2.25. The summed E-state index contributed by atoms with van der Waals surface area (Å²) < 4.78 is 2.12. The van der Waals surface area contributed by atoms with Crippen molar-refractivity contribution in [2.24, 2.45) is 0 Å². The van der Waals surface area contributed by atoms with Gasteiger partial charge in [-0.25, -0.2) is 4.68 Å². The maximum absolute atomic E-state index is 11.9. The van der Waals surface area contributed by atoms with Crippen molar-refractivity contribution in [3.63, 3.8) is 0 Å². The predicted octanol–water partition coefficient (Wildman–Crippen LogP) is 2.63. The third-order valence-electron chi connectivity index (χ3n) is 2.54. The number of anilines is 1. The smallest absolute Gasteiger partial charge is 0.265 e. The lowest BCUT2D eigenvalue weighted by Gasteiger charge is -2.04. The zero-order valence-corrected chi connectivity index (χ0v) is 11.6. The minimum absolute atomic E-state index is 0.183. The molecule has 0 aliphatic carbocycles. The minimum atomic E-state index is -0.183. The number of halogens is 1. The number of carbonyl (C=O) groups excluding carboxylic acids is 1. The number of carbonyl (C=O) groups is 1. The molecule has 100 valence electrons. The Bertz CT molecular complexity index is 723. The first kappa shape index (κ1) is 12.8. The van der Waals surface area contributed by atoms with Gasteiger partial charge in [-0.15, -0.1) is 16.4 Å². The van der Waals surface area contributed by atoms with Gasteiger partial charge < -0.3 is 5.32 Å². The van der Waals surface area contributed by atoms with E-state index in [2.05, 4.69) is 20.8 Å². The first-order valence-electron chi connectivity index (χ1n) is 5.62. The minimum Gasteiger partial charge on any atom is -0.321 e. The van der Waals surface area contributed by atoms with E-state index in [0.717, 1.165) is 5.69 Å². The fraction of sp³-hybridized carbons (Fsp3) is 0. The summed E-state index contributed by atoms with van der Waals surface area (Å²) in [7, 11) is 0. The van der Waals surface area contributed by atoms with Crippen LogP contribution in [-0.4, -0.2) is 26.1 Å². The van der Waals surface area contributed by atoms with Crippen LogP contribution in [0.5, 0.6) is 0 Å². The number of thiophene rings is 1. The highest BCUT2D eigenvalue weighted by Crippen LogP contribution is 2.22. The van der Waals surface area contributed by atoms with E-state index in [9.17, 15) is 4.79 Å². The van der Waals surface area contributed by atoms with Crippen LogP contribution in [0.15, 0.2) is 42.7 Å². The number of nitrogens with one attached hydrogen (secondary N) is 1. The van der Waals surface area contributed by atoms with Gasteiger partial charge in [0.2, 0.25) is 0 Å². The molecule has 6 nitrogen and oxygen atoms in total. The van der Waals surface area contributed by atoms with E-state index in [1.807, 2.05) is 12.1 Å². The number of tetrazole rings is 1. The van der Waals surface area contributed by atoms with Crippen molar-refractivity contribution < 1.29 is 4.79 Å². The lowest BCUT2D eigenvalue weighted by atomic mass is 10.2. The van der Waals surface area contributed by atoms with Crippen LogP contribution >= 0.6 is 22.9 Å². The Balaban J connectivity index is 1.74. The van der Waals surface area contributed by atoms with Crippen molar-refractivity contribution in [1.82, 2.24) is 20.2 Å². The van der Waals surface area contributed by atoms with E-state index in [0.29, 0.717) is 14.9 Å². The highest BCUT2D eigenvalue weighted by molar-refractivity contribution is 7.18. The predicted molar refractivity (Wildman–Crippen MR) is 76.4 cm³/mol. The van der Waals surface area contributed by atoms with Crippen molar-refractivity contribution in [2.45, 2.75) is 0 Å². The van der Waals surface area contributed by atoms with Gasteiger partial charge in [0, 0.05) is 5.69 Å². The molecular weight excluding hydrogens is 298 g/mol. The normalized spacial score (nSPS) is 10.4. The Kier molecular flexibility index (Phi) is 3.44. The summed E-state index contributed by atoms with van der Waals surface area (Å²) in [6, 6.07) is 10.6. The van der Waals surface area contributed by atoms with Crippen molar-refractivity contribution in [1.29, 1.82) is 0 Å². The number of hydrogen-bond donors (Lipinski definition) is 1. The maximum atomic E-state index is 11.9. The van der Waals surface area contributed by atoms with Gasteiger partial charge in [-0.2, -0.15) is 0 Å². The molecule has 8 heteroatoms. The SMILES string of the molecule is O=C(Nc1ccc(-n2cnnn2)cc1)c1ccc(Cl)s1. The van der Waals surface area contributed by atoms with Gasteiger partial charge in [0.25, 0.3) is 5.91 Å². The molecule has 0 radical (unpaired) electrons. The third kappa shape index (κ3) is 2.68. The molecule has 1 N–H and O–H groups in total. The zero-order chi connectivity index (χ0) is 13.9. The molecule has 0 aliphatic rings. The standard InChI is InChI=1S/C12H8ClN5OS/c13-11-6-5-10(20-11)12(19)15-8-1-3-9(4-2-8)18-7-14-16-17-18/h1-7H,(H,15,19). The molecule has 1 aromatic carbocycles. The Morgan fingerprint density at radius 3 is 2.60 bits per heavy atom. The molecule has 0 spiro atoms. The van der Waals surface area contributed by atoms with Crippen molar-refractivity contribution >= 4 is 34.5 Å². The molecule has 0 unspecified atom stereocenters. The Labute approximate surface area is 123 Å². The van der Waals surface area contributed by atoms with E-state index in [4.69, 9.17) is 11.6 Å². The summed E-state index contributed by atoms with van der Waals surface area (Å²) in [5.74, 6) is -0.183. The monoisotopic (exact) mass is 305 g/mol. The topological polar surface area (TPSA) is 72.7 Å². The molecular formula is C12H8ClN5OS. The van der Waals surface area contributed by atoms with Gasteiger partial charge in [0.05, 0.1) is 14.9 Å². The van der Waals surface area contributed by atoms with Crippen molar-refractivity contribution in [2.75, 3.05) is 5.32 Å². The van der Waals surface area contributed by atoms with Crippen LogP contribution in [0.25, 0.3) is 5.69 Å². The summed E-state index contributed by atoms with van der Waals surface area (Å²) in [5, 5.41) is 13.7. The van der Waals surface area contributed by atoms with Gasteiger partial charge >= 0.3 is 0 Å². The average Bonchev–Trinajstić information content (AvgIpc) is 3.10. The van der Waals surface area contributed by atoms with Crippen LogP contribution in [0.1, 0.15) is 9.67 Å². The summed E-state index contributed by atoms with van der Waals surface area (Å²) in [6.45, 7) is 0. The summed E-state index contributed by atoms with van der Waals surface area (Å²) in [4.78, 5) is 12.5. The number of aromatic nitrogens is 4. The lowest BCUT2D eigenvalue weighted by Crippen LogP contribution is -2.10. The van der Waals surface area contributed by atoms with Crippen LogP contribution in [0.3, 0.4) is 0 Å². The lowest BCUT2D eigenvalue weighted by molar-refractivity contribution is 0.103. The number of rotatable bonds is 3. The third-order valence-corrected chi connectivity index (χ3v) is 3.77. The zero-order valence-electron chi connectivity index (χ0n) is 10.0. The molecule has 20 heavy (non-hydrogen) atoms. The second-order valence-corrected chi connectivity index (χ2v) is 5.57. The van der Waals surface area contributed by atoms with Gasteiger partial charge in [-0.3, -0.25) is 4.79 Å². The number of nitrogens with zero attached hydrogens (tertiary/aromatic N) is 4. The molecule has 0 saturated heterocycles. The van der Waals surface area contributed by atoms with Crippen LogP contribution in [0.4, 0.5) is 5.69 Å². The van der Waals surface area contributed by atoms with Gasteiger partial charge in [0.15, 0.2) is 0 Å². The first-order valence-corrected chi connectivity index (χ1v) is 6.82. The number of hydrogen-bond acceptors (Lipinski definition) is 5. The van der Waals surface area contributed by atoms with Gasteiger partial charge in [-0.1, -0.05) is 11.6 Å². The molecule has 2 aromatic heterocycles. The number of amides is 1. The Morgan fingerprint density at radius 1 is 1.20 bits per heavy atom. The van der Waals surface area contributed by atoms with Crippen LogP contribution in [0, 0.1) is 0 Å². The molecule has 1 amide bonds. The second-order valence-electron chi connectivity index (χ2n) is 3.86. The highest BCUT2D eigenvalue weighted by Gasteiger charge is 2.09. The van der Waals surface area contributed by atoms with Crippen molar-refractivity contribution in [3.8, 4) is 5.69 Å². The van der Waals surface area contributed by atoms with Crippen LogP contribution < -0.4 is 5.32 Å². The molecule has 3 rings (SSSR count). The quantitative estimate of drug-likeness (QED) is 0.807. The highest BCUT2D eigenvalue weighted by atomic mass is 35.5. The number of benzene rings is 1. The van der Waals surface area contributed by atoms with Gasteiger partial charge in [0.1, 0.15) is 6.33 Å². The molecule has 0 saturated carbocycles. The van der Waals surface area contributed by atoms with E-state index in [1.165, 1.54) is 22.3 Å². The largest absolute Gasteiger partial charge is 0.321 e. The van der Waals surface area contributed by atoms with Crippen molar-refractivity contribution in [3.05, 3.63) is 51.9 Å². The molecule has 3 aromatic rings. The van der Waals surface area contributed by atoms with E-state index in [1.54, 1.807) is 24.3 Å². The van der Waals surface area contributed by atoms with Crippen LogP contribution in [-0.2, 0) is 0 Å². The van der Waals surface area contributed by atoms with E-state index in [-0.39, 0.29) is 5.91 Å². The summed E-state index contributed by atoms with van der Waals surface area (Å²) in [6.07, 6.45) is 1.50. The summed E-state index contributed by atoms with van der Waals surface area (Å²) in [5.41, 5.74) is 1.50. The second kappa shape index (κ2) is 5.40. The van der Waals surface area contributed by atoms with E-state index < -0.39 is 0 Å². The molecule has 0 bridgehead atoms. The maximum Gasteiger partial charge on any atom is 0.265 e. The van der Waals surface area contributed by atoms with Gasteiger partial charge in [-0.05, 0) is 46.8 Å². The molecule has 0 aliphatic heterocycles. The molecule has 0 fully saturated rings. The average molecular weight is 306 g/mol.